The van der Waals surface area contributed by atoms with E-state index in [0.717, 1.165) is 0 Å². The van der Waals surface area contributed by atoms with Crippen LogP contribution >= 0.6 is 11.6 Å². The van der Waals surface area contributed by atoms with Crippen LogP contribution in [0.15, 0.2) is 23.1 Å². The Morgan fingerprint density at radius 1 is 1.27 bits per heavy atom. The molecule has 1 aromatic rings. The molecule has 148 valence electrons. The van der Waals surface area contributed by atoms with Gasteiger partial charge in [0.25, 0.3) is 5.91 Å². The molecule has 0 saturated heterocycles. The minimum absolute atomic E-state index is 0.0536. The summed E-state index contributed by atoms with van der Waals surface area (Å²) in [6.07, 6.45) is 1.56. The van der Waals surface area contributed by atoms with Gasteiger partial charge in [0, 0.05) is 19.7 Å². The minimum atomic E-state index is -3.60. The maximum absolute atomic E-state index is 12.0. The molecule has 0 spiro atoms. The van der Waals surface area contributed by atoms with Crippen molar-refractivity contribution in [3.05, 3.63) is 23.2 Å². The number of nitrogens with one attached hydrogen (secondary N) is 2. The molecule has 0 fully saturated rings. The first-order valence-electron chi connectivity index (χ1n) is 8.56. The Hall–Kier alpha value is -1.35. The lowest BCUT2D eigenvalue weighted by Gasteiger charge is -2.11. The van der Waals surface area contributed by atoms with Crippen molar-refractivity contribution in [2.45, 2.75) is 44.6 Å². The number of hydrogen-bond donors (Lipinski definition) is 2. The first kappa shape index (κ1) is 22.7. The summed E-state index contributed by atoms with van der Waals surface area (Å²) >= 11 is 6.06. The zero-order chi connectivity index (χ0) is 19.6. The van der Waals surface area contributed by atoms with Gasteiger partial charge in [0.1, 0.15) is 5.75 Å². The number of carbonyl (C=O) groups is 1. The SMILES string of the molecule is CCCNS(=O)(=O)c1ccc(OCC(=O)NCCCOC(C)C)c(Cl)c1. The predicted molar refractivity (Wildman–Crippen MR) is 101 cm³/mol. The molecule has 26 heavy (non-hydrogen) atoms. The van der Waals surface area contributed by atoms with Gasteiger partial charge in [-0.1, -0.05) is 18.5 Å². The van der Waals surface area contributed by atoms with Gasteiger partial charge >= 0.3 is 0 Å². The van der Waals surface area contributed by atoms with Crippen LogP contribution < -0.4 is 14.8 Å². The molecule has 9 heteroatoms. The lowest BCUT2D eigenvalue weighted by molar-refractivity contribution is -0.123. The molecule has 0 aliphatic carbocycles. The van der Waals surface area contributed by atoms with Gasteiger partial charge in [-0.25, -0.2) is 13.1 Å². The van der Waals surface area contributed by atoms with E-state index in [1.54, 1.807) is 0 Å². The van der Waals surface area contributed by atoms with E-state index < -0.39 is 10.0 Å². The van der Waals surface area contributed by atoms with Crippen molar-refractivity contribution >= 4 is 27.5 Å². The fourth-order valence-corrected chi connectivity index (χ4v) is 3.36. The Morgan fingerprint density at radius 3 is 2.62 bits per heavy atom. The molecular formula is C17H27ClN2O5S. The van der Waals surface area contributed by atoms with Gasteiger partial charge in [-0.2, -0.15) is 0 Å². The van der Waals surface area contributed by atoms with Crippen molar-refractivity contribution in [1.29, 1.82) is 0 Å². The summed E-state index contributed by atoms with van der Waals surface area (Å²) in [4.78, 5) is 11.8. The molecule has 1 amide bonds. The van der Waals surface area contributed by atoms with E-state index in [2.05, 4.69) is 10.0 Å². The Bertz CT molecular complexity index is 680. The quantitative estimate of drug-likeness (QED) is 0.519. The van der Waals surface area contributed by atoms with E-state index in [-0.39, 0.29) is 34.3 Å². The summed E-state index contributed by atoms with van der Waals surface area (Å²) in [5.74, 6) is -0.0358. The zero-order valence-corrected chi connectivity index (χ0v) is 17.0. The molecule has 0 bridgehead atoms. The average Bonchev–Trinajstić information content (AvgIpc) is 2.58. The van der Waals surface area contributed by atoms with Gasteiger partial charge in [-0.3, -0.25) is 4.79 Å². The Balaban J connectivity index is 2.47. The van der Waals surface area contributed by atoms with Crippen LogP contribution in [-0.2, 0) is 19.6 Å². The second kappa shape index (κ2) is 11.4. The van der Waals surface area contributed by atoms with Crippen molar-refractivity contribution in [3.63, 3.8) is 0 Å². The van der Waals surface area contributed by atoms with Crippen LogP contribution in [0.4, 0.5) is 0 Å². The van der Waals surface area contributed by atoms with Crippen molar-refractivity contribution < 1.29 is 22.7 Å². The fourth-order valence-electron chi connectivity index (χ4n) is 1.90. The average molecular weight is 407 g/mol. The molecule has 0 aliphatic heterocycles. The molecule has 1 aromatic carbocycles. The van der Waals surface area contributed by atoms with E-state index in [1.807, 2.05) is 20.8 Å². The molecule has 2 N–H and O–H groups in total. The summed E-state index contributed by atoms with van der Waals surface area (Å²) < 4.78 is 37.3. The van der Waals surface area contributed by atoms with Crippen LogP contribution in [0.25, 0.3) is 0 Å². The van der Waals surface area contributed by atoms with Gasteiger partial charge in [0.05, 0.1) is 16.0 Å². The smallest absolute Gasteiger partial charge is 0.257 e. The highest BCUT2D eigenvalue weighted by Gasteiger charge is 2.15. The molecule has 0 aliphatic rings. The van der Waals surface area contributed by atoms with Crippen LogP contribution in [0.2, 0.25) is 5.02 Å². The molecule has 0 saturated carbocycles. The first-order chi connectivity index (χ1) is 12.3. The molecular weight excluding hydrogens is 380 g/mol. The fraction of sp³-hybridized carbons (Fsp3) is 0.588. The largest absolute Gasteiger partial charge is 0.482 e. The third kappa shape index (κ3) is 8.35. The van der Waals surface area contributed by atoms with Crippen molar-refractivity contribution in [1.82, 2.24) is 10.0 Å². The zero-order valence-electron chi connectivity index (χ0n) is 15.4. The highest BCUT2D eigenvalue weighted by molar-refractivity contribution is 7.89. The molecule has 0 aromatic heterocycles. The second-order valence-corrected chi connectivity index (χ2v) is 8.08. The van der Waals surface area contributed by atoms with E-state index in [9.17, 15) is 13.2 Å². The summed E-state index contributed by atoms with van der Waals surface area (Å²) in [6.45, 7) is 6.98. The number of halogens is 1. The Labute approximate surface area is 160 Å². The lowest BCUT2D eigenvalue weighted by atomic mass is 10.3. The number of benzene rings is 1. The molecule has 0 unspecified atom stereocenters. The first-order valence-corrected chi connectivity index (χ1v) is 10.4. The number of rotatable bonds is 12. The van der Waals surface area contributed by atoms with E-state index in [0.29, 0.717) is 32.5 Å². The number of sulfonamides is 1. The lowest BCUT2D eigenvalue weighted by Crippen LogP contribution is -2.30. The number of hydrogen-bond acceptors (Lipinski definition) is 5. The summed E-state index contributed by atoms with van der Waals surface area (Å²) in [5, 5.41) is 2.84. The molecule has 0 atom stereocenters. The van der Waals surface area contributed by atoms with Crippen LogP contribution in [-0.4, -0.2) is 46.7 Å². The van der Waals surface area contributed by atoms with E-state index >= 15 is 0 Å². The van der Waals surface area contributed by atoms with Gasteiger partial charge < -0.3 is 14.8 Å². The predicted octanol–water partition coefficient (Wildman–Crippen LogP) is 2.34. The Morgan fingerprint density at radius 2 is 2.00 bits per heavy atom. The highest BCUT2D eigenvalue weighted by Crippen LogP contribution is 2.27. The van der Waals surface area contributed by atoms with Gasteiger partial charge in [-0.05, 0) is 44.9 Å². The summed E-state index contributed by atoms with van der Waals surface area (Å²) in [5.41, 5.74) is 0. The second-order valence-electron chi connectivity index (χ2n) is 5.90. The normalized spacial score (nSPS) is 11.6. The number of amides is 1. The van der Waals surface area contributed by atoms with E-state index in [1.165, 1.54) is 18.2 Å². The van der Waals surface area contributed by atoms with Crippen LogP contribution in [0, 0.1) is 0 Å². The van der Waals surface area contributed by atoms with Crippen molar-refractivity contribution in [3.8, 4) is 5.75 Å². The monoisotopic (exact) mass is 406 g/mol. The third-order valence-corrected chi connectivity index (χ3v) is 4.96. The summed E-state index contributed by atoms with van der Waals surface area (Å²) in [6, 6.07) is 4.13. The molecule has 7 nitrogen and oxygen atoms in total. The van der Waals surface area contributed by atoms with Crippen LogP contribution in [0.5, 0.6) is 5.75 Å². The van der Waals surface area contributed by atoms with Crippen LogP contribution in [0.1, 0.15) is 33.6 Å². The van der Waals surface area contributed by atoms with Gasteiger partial charge in [-0.15, -0.1) is 0 Å². The molecule has 0 heterocycles. The van der Waals surface area contributed by atoms with E-state index in [4.69, 9.17) is 21.1 Å². The van der Waals surface area contributed by atoms with Crippen molar-refractivity contribution in [2.75, 3.05) is 26.3 Å². The van der Waals surface area contributed by atoms with Crippen molar-refractivity contribution in [2.24, 2.45) is 0 Å². The number of ether oxygens (including phenoxy) is 2. The van der Waals surface area contributed by atoms with Crippen LogP contribution in [0.3, 0.4) is 0 Å². The highest BCUT2D eigenvalue weighted by atomic mass is 35.5. The minimum Gasteiger partial charge on any atom is -0.482 e. The Kier molecular flexibility index (Phi) is 9.93. The summed E-state index contributed by atoms with van der Waals surface area (Å²) in [7, 11) is -3.60. The third-order valence-electron chi connectivity index (χ3n) is 3.21. The van der Waals surface area contributed by atoms with Gasteiger partial charge in [0.2, 0.25) is 10.0 Å². The maximum atomic E-state index is 12.0. The molecule has 0 radical (unpaired) electrons. The maximum Gasteiger partial charge on any atom is 0.257 e. The topological polar surface area (TPSA) is 93.7 Å². The van der Waals surface area contributed by atoms with Gasteiger partial charge in [0.15, 0.2) is 6.61 Å². The number of carbonyl (C=O) groups excluding carboxylic acids is 1. The molecule has 1 rings (SSSR count). The standard InChI is InChI=1S/C17H27ClN2O5S/c1-4-8-20-26(22,23)14-6-7-16(15(18)11-14)25-12-17(21)19-9-5-10-24-13(2)3/h6-7,11,13,20H,4-5,8-10,12H2,1-3H3,(H,19,21).